The zero-order valence-electron chi connectivity index (χ0n) is 14.0. The van der Waals surface area contributed by atoms with Gasteiger partial charge in [0.15, 0.2) is 17.9 Å². The van der Waals surface area contributed by atoms with Crippen LogP contribution in [0, 0.1) is 0 Å². The molecule has 0 radical (unpaired) electrons. The van der Waals surface area contributed by atoms with Crippen molar-refractivity contribution in [2.75, 3.05) is 13.2 Å². The van der Waals surface area contributed by atoms with Crippen LogP contribution in [0.3, 0.4) is 0 Å². The van der Waals surface area contributed by atoms with Gasteiger partial charge in [-0.05, 0) is 34.1 Å². The maximum Gasteiger partial charge on any atom is 0.163 e. The molecule has 2 fully saturated rings. The summed E-state index contributed by atoms with van der Waals surface area (Å²) in [4.78, 5) is 10.1. The van der Waals surface area contributed by atoms with E-state index in [2.05, 4.69) is 20.1 Å². The Morgan fingerprint density at radius 1 is 1.05 bits per heavy atom. The fourth-order valence-electron chi connectivity index (χ4n) is 2.01. The molecule has 0 spiro atoms. The summed E-state index contributed by atoms with van der Waals surface area (Å²) in [6.07, 6.45) is 3.02. The molecule has 2 atom stereocenters. The van der Waals surface area contributed by atoms with Crippen molar-refractivity contribution < 1.29 is 23.7 Å². The molecule has 2 rings (SSSR count). The summed E-state index contributed by atoms with van der Waals surface area (Å²) >= 11 is 0. The van der Waals surface area contributed by atoms with Gasteiger partial charge in [0, 0.05) is 0 Å². The molecule has 0 aliphatic carbocycles. The van der Waals surface area contributed by atoms with Gasteiger partial charge in [0.1, 0.15) is 6.10 Å². The number of aldehydes is 1. The molecule has 0 amide bonds. The lowest BCUT2D eigenvalue weighted by molar-refractivity contribution is -0.145. The van der Waals surface area contributed by atoms with Gasteiger partial charge in [0.2, 0.25) is 0 Å². The lowest BCUT2D eigenvalue weighted by atomic mass is 10.2. The van der Waals surface area contributed by atoms with Crippen LogP contribution in [0.1, 0.15) is 47.5 Å². The molecule has 5 heteroatoms. The minimum absolute atomic E-state index is 0.333. The Labute approximate surface area is 128 Å². The highest BCUT2D eigenvalue weighted by Gasteiger charge is 2.32. The average Bonchev–Trinajstić information content (AvgIpc) is 2.95. The summed E-state index contributed by atoms with van der Waals surface area (Å²) in [5, 5.41) is 0. The third-order valence-corrected chi connectivity index (χ3v) is 2.86. The molecule has 2 saturated heterocycles. The van der Waals surface area contributed by atoms with Crippen molar-refractivity contribution in [3.05, 3.63) is 13.2 Å². The maximum atomic E-state index is 10.1. The van der Waals surface area contributed by atoms with Gasteiger partial charge in [0.25, 0.3) is 0 Å². The number of hydrogen-bond acceptors (Lipinski definition) is 5. The van der Waals surface area contributed by atoms with Gasteiger partial charge in [-0.3, -0.25) is 0 Å². The van der Waals surface area contributed by atoms with E-state index in [1.165, 1.54) is 6.42 Å². The summed E-state index contributed by atoms with van der Waals surface area (Å²) in [6.45, 7) is 16.8. The molecule has 0 bridgehead atoms. The molecule has 2 aliphatic heterocycles. The van der Waals surface area contributed by atoms with E-state index >= 15 is 0 Å². The first-order chi connectivity index (χ1) is 9.78. The third-order valence-electron chi connectivity index (χ3n) is 2.86. The smallest absolute Gasteiger partial charge is 0.163 e. The summed E-state index contributed by atoms with van der Waals surface area (Å²) in [5.74, 6) is -0.897. The van der Waals surface area contributed by atoms with Crippen molar-refractivity contribution in [3.63, 3.8) is 0 Å². The minimum Gasteiger partial charge on any atom is -0.348 e. The highest BCUT2D eigenvalue weighted by atomic mass is 16.7. The minimum atomic E-state index is -0.564. The largest absolute Gasteiger partial charge is 0.348 e. The first-order valence-electron chi connectivity index (χ1n) is 7.37. The Hall–Kier alpha value is -0.750. The number of carbonyl (C=O) groups excluding carboxylic acids is 1. The second-order valence-corrected chi connectivity index (χ2v) is 5.74. The third kappa shape index (κ3) is 8.31. The molecule has 0 aromatic heterocycles. The average molecular weight is 302 g/mol. The van der Waals surface area contributed by atoms with Crippen LogP contribution in [-0.2, 0) is 23.7 Å². The molecule has 0 N–H and O–H groups in total. The first kappa shape index (κ1) is 20.2. The fourth-order valence-corrected chi connectivity index (χ4v) is 2.01. The quantitative estimate of drug-likeness (QED) is 0.592. The molecule has 124 valence electrons. The van der Waals surface area contributed by atoms with Gasteiger partial charge in [-0.25, -0.2) is 0 Å². The van der Waals surface area contributed by atoms with Crippen molar-refractivity contribution in [2.24, 2.45) is 0 Å². The SMILES string of the molecule is C=C.CC1(C)OCC(C=O)O1.CCC[C@H]1COC(C)(C)O1. The van der Waals surface area contributed by atoms with Gasteiger partial charge < -0.3 is 23.7 Å². The highest BCUT2D eigenvalue weighted by molar-refractivity contribution is 5.56. The van der Waals surface area contributed by atoms with Crippen molar-refractivity contribution in [1.29, 1.82) is 0 Å². The van der Waals surface area contributed by atoms with Gasteiger partial charge in [-0.1, -0.05) is 13.3 Å². The van der Waals surface area contributed by atoms with Gasteiger partial charge >= 0.3 is 0 Å². The molecule has 0 aromatic carbocycles. The second kappa shape index (κ2) is 9.30. The van der Waals surface area contributed by atoms with Gasteiger partial charge in [-0.15, -0.1) is 13.2 Å². The Balaban J connectivity index is 0.000000342. The number of ether oxygens (including phenoxy) is 4. The summed E-state index contributed by atoms with van der Waals surface area (Å²) in [6, 6.07) is 0. The lowest BCUT2D eigenvalue weighted by Gasteiger charge is -2.16. The number of carbonyl (C=O) groups is 1. The monoisotopic (exact) mass is 302 g/mol. The fraction of sp³-hybridized carbons (Fsp3) is 0.812. The van der Waals surface area contributed by atoms with E-state index in [0.717, 1.165) is 19.3 Å². The Morgan fingerprint density at radius 2 is 1.57 bits per heavy atom. The van der Waals surface area contributed by atoms with Crippen LogP contribution in [0.15, 0.2) is 13.2 Å². The summed E-state index contributed by atoms with van der Waals surface area (Å²) in [7, 11) is 0. The van der Waals surface area contributed by atoms with Crippen LogP contribution >= 0.6 is 0 Å². The van der Waals surface area contributed by atoms with Gasteiger partial charge in [0.05, 0.1) is 19.3 Å². The molecule has 2 aliphatic rings. The zero-order valence-corrected chi connectivity index (χ0v) is 14.0. The zero-order chi connectivity index (χ0) is 16.5. The second-order valence-electron chi connectivity index (χ2n) is 5.74. The standard InChI is InChI=1S/C8H16O2.C6H10O3.C2H4/c1-4-5-7-6-9-8(2,3)10-7;1-6(2)8-4-5(3-7)9-6;1-2/h7H,4-6H2,1-3H3;3,5H,4H2,1-2H3;1-2H2/t7-;;/m0../s1. The van der Waals surface area contributed by atoms with E-state index in [0.29, 0.717) is 12.7 Å². The normalized spacial score (nSPS) is 28.8. The van der Waals surface area contributed by atoms with E-state index in [9.17, 15) is 4.79 Å². The molecular weight excluding hydrogens is 272 g/mol. The topological polar surface area (TPSA) is 54.0 Å². The summed E-state index contributed by atoms with van der Waals surface area (Å²) in [5.41, 5.74) is 0. The van der Waals surface area contributed by atoms with Gasteiger partial charge in [-0.2, -0.15) is 0 Å². The lowest BCUT2D eigenvalue weighted by Crippen LogP contribution is -2.21. The van der Waals surface area contributed by atoms with Crippen molar-refractivity contribution in [1.82, 2.24) is 0 Å². The van der Waals surface area contributed by atoms with Crippen molar-refractivity contribution in [3.8, 4) is 0 Å². The van der Waals surface area contributed by atoms with E-state index in [1.807, 2.05) is 13.8 Å². The van der Waals surface area contributed by atoms with E-state index < -0.39 is 5.79 Å². The number of hydrogen-bond donors (Lipinski definition) is 0. The van der Waals surface area contributed by atoms with Crippen LogP contribution in [0.2, 0.25) is 0 Å². The molecule has 21 heavy (non-hydrogen) atoms. The molecule has 2 heterocycles. The first-order valence-corrected chi connectivity index (χ1v) is 7.37. The summed E-state index contributed by atoms with van der Waals surface area (Å²) < 4.78 is 21.1. The predicted octanol–water partition coefficient (Wildman–Crippen LogP) is 3.08. The van der Waals surface area contributed by atoms with Crippen LogP contribution < -0.4 is 0 Å². The van der Waals surface area contributed by atoms with Crippen molar-refractivity contribution in [2.45, 2.75) is 71.2 Å². The molecule has 0 saturated carbocycles. The molecule has 0 aromatic rings. The Bertz CT molecular complexity index is 301. The Kier molecular flexibility index (Phi) is 8.97. The van der Waals surface area contributed by atoms with E-state index in [4.69, 9.17) is 18.9 Å². The maximum absolute atomic E-state index is 10.1. The number of rotatable bonds is 3. The van der Waals surface area contributed by atoms with Crippen LogP contribution in [0.4, 0.5) is 0 Å². The van der Waals surface area contributed by atoms with Crippen LogP contribution in [0.25, 0.3) is 0 Å². The van der Waals surface area contributed by atoms with Crippen molar-refractivity contribution >= 4 is 6.29 Å². The molecular formula is C16H30O5. The van der Waals surface area contributed by atoms with E-state index in [1.54, 1.807) is 13.8 Å². The molecule has 1 unspecified atom stereocenters. The predicted molar refractivity (Wildman–Crippen MR) is 82.0 cm³/mol. The highest BCUT2D eigenvalue weighted by Crippen LogP contribution is 2.24. The van der Waals surface area contributed by atoms with E-state index in [-0.39, 0.29) is 11.9 Å². The Morgan fingerprint density at radius 3 is 1.86 bits per heavy atom. The van der Waals surface area contributed by atoms with Crippen LogP contribution in [-0.4, -0.2) is 43.3 Å². The van der Waals surface area contributed by atoms with Crippen LogP contribution in [0.5, 0.6) is 0 Å². The molecule has 5 nitrogen and oxygen atoms in total.